The van der Waals surface area contributed by atoms with Crippen LogP contribution in [0.1, 0.15) is 402 Å². The second-order valence-electron chi connectivity index (χ2n) is 30.4. The number of rotatable bonds is 76. The van der Waals surface area contributed by atoms with E-state index in [0.717, 1.165) is 114 Å². The molecule has 0 saturated carbocycles. The maximum absolute atomic E-state index is 13.1. The fraction of sp³-hybridized carbons (Fsp3) is 0.949. The van der Waals surface area contributed by atoms with Crippen LogP contribution in [0, 0.1) is 23.7 Å². The van der Waals surface area contributed by atoms with Gasteiger partial charge >= 0.3 is 39.5 Å². The van der Waals surface area contributed by atoms with Gasteiger partial charge in [-0.05, 0) is 49.4 Å². The number of unbranched alkanes of at least 4 members (excludes halogenated alkanes) is 42. The Labute approximate surface area is 600 Å². The second-order valence-corrected chi connectivity index (χ2v) is 33.3. The van der Waals surface area contributed by atoms with Gasteiger partial charge in [-0.25, -0.2) is 9.13 Å². The highest BCUT2D eigenvalue weighted by molar-refractivity contribution is 7.47. The summed E-state index contributed by atoms with van der Waals surface area (Å²) < 4.78 is 68.6. The molecule has 0 heterocycles. The van der Waals surface area contributed by atoms with Crippen molar-refractivity contribution in [3.8, 4) is 0 Å². The Balaban J connectivity index is 5.22. The smallest absolute Gasteiger partial charge is 0.462 e. The van der Waals surface area contributed by atoms with E-state index in [0.29, 0.717) is 25.7 Å². The van der Waals surface area contributed by atoms with Gasteiger partial charge < -0.3 is 33.8 Å². The van der Waals surface area contributed by atoms with Gasteiger partial charge in [-0.3, -0.25) is 37.3 Å². The van der Waals surface area contributed by atoms with Gasteiger partial charge in [0.2, 0.25) is 0 Å². The van der Waals surface area contributed by atoms with Crippen LogP contribution >= 0.6 is 15.6 Å². The molecule has 0 rings (SSSR count). The van der Waals surface area contributed by atoms with Crippen molar-refractivity contribution in [3.63, 3.8) is 0 Å². The first-order chi connectivity index (χ1) is 47.1. The van der Waals surface area contributed by atoms with Crippen LogP contribution < -0.4 is 0 Å². The maximum Gasteiger partial charge on any atom is 0.472 e. The predicted molar refractivity (Wildman–Crippen MR) is 400 cm³/mol. The van der Waals surface area contributed by atoms with Crippen LogP contribution in [-0.4, -0.2) is 96.7 Å². The van der Waals surface area contributed by atoms with Gasteiger partial charge in [-0.2, -0.15) is 0 Å². The molecule has 19 heteroatoms. The van der Waals surface area contributed by atoms with Crippen LogP contribution in [0.2, 0.25) is 0 Å². The third kappa shape index (κ3) is 72.4. The van der Waals surface area contributed by atoms with E-state index in [4.69, 9.17) is 37.0 Å². The molecule has 0 aromatic carbocycles. The summed E-state index contributed by atoms with van der Waals surface area (Å²) in [6, 6.07) is 0. The molecule has 0 spiro atoms. The summed E-state index contributed by atoms with van der Waals surface area (Å²) in [5.74, 6) is 0.928. The average Bonchev–Trinajstić information content (AvgIpc) is 1.01. The normalized spacial score (nSPS) is 14.1. The van der Waals surface area contributed by atoms with Crippen molar-refractivity contribution >= 4 is 39.5 Å². The molecule has 0 aliphatic rings. The molecule has 3 N–H and O–H groups in total. The van der Waals surface area contributed by atoms with Crippen molar-refractivity contribution in [1.29, 1.82) is 0 Å². The molecule has 0 radical (unpaired) electrons. The minimum absolute atomic E-state index is 0.104. The summed E-state index contributed by atoms with van der Waals surface area (Å²) in [4.78, 5) is 72.9. The highest BCUT2D eigenvalue weighted by Gasteiger charge is 2.30. The summed E-state index contributed by atoms with van der Waals surface area (Å²) in [7, 11) is -9.92. The summed E-state index contributed by atoms with van der Waals surface area (Å²) in [5.41, 5.74) is 0. The average molecular weight is 1440 g/mol. The maximum atomic E-state index is 13.1. The lowest BCUT2D eigenvalue weighted by atomic mass is 10.0. The number of carbonyl (C=O) groups is 4. The number of hydrogen-bond donors (Lipinski definition) is 3. The number of esters is 4. The van der Waals surface area contributed by atoms with Crippen molar-refractivity contribution < 1.29 is 80.2 Å². The summed E-state index contributed by atoms with van der Waals surface area (Å²) in [5, 5.41) is 10.6. The largest absolute Gasteiger partial charge is 0.472 e. The number of phosphoric acid groups is 2. The van der Waals surface area contributed by atoms with E-state index in [1.165, 1.54) is 205 Å². The SMILES string of the molecule is CC(C)CCCCCCCCCCCCCCCCCCCCC(=O)O[C@H](COC(=O)CCCCCCCCCCCCCCC(C)C)COP(=O)(O)OCC(O)COP(=O)(O)OC[C@@H](COC(=O)CCCCCCCCCCC(C)C)OC(=O)CCCCCCCCCCC(C)C. The zero-order valence-corrected chi connectivity index (χ0v) is 66.2. The quantitative estimate of drug-likeness (QED) is 0.0222. The van der Waals surface area contributed by atoms with E-state index in [1.54, 1.807) is 0 Å². The molecular weight excluding hydrogens is 1280 g/mol. The van der Waals surface area contributed by atoms with Gasteiger partial charge in [-0.15, -0.1) is 0 Å². The standard InChI is InChI=1S/C79H154O17P2/c1-69(2)55-47-39-31-23-19-15-13-11-9-10-12-14-16-22-26-37-45-53-61-78(83)95-74(65-89-76(81)59-51-43-35-25-21-18-17-20-24-32-40-48-56-70(3)4)67-93-97(85,86)91-63-73(80)64-92-98(87,88)94-68-75(96-79(84)62-54-46-38-30-28-34-42-50-58-72(7)8)66-90-77(82)60-52-44-36-29-27-33-41-49-57-71(5)6/h69-75,80H,9-68H2,1-8H3,(H,85,86)(H,87,88)/t73?,74-,75-/m1/s1. The van der Waals surface area contributed by atoms with Gasteiger partial charge in [0.25, 0.3) is 0 Å². The molecule has 98 heavy (non-hydrogen) atoms. The Kier molecular flexibility index (Phi) is 66.8. The second kappa shape index (κ2) is 68.2. The lowest BCUT2D eigenvalue weighted by molar-refractivity contribution is -0.161. The zero-order chi connectivity index (χ0) is 72.4. The Hall–Kier alpha value is -1.94. The van der Waals surface area contributed by atoms with Crippen LogP contribution in [0.15, 0.2) is 0 Å². The number of aliphatic hydroxyl groups is 1. The van der Waals surface area contributed by atoms with Crippen molar-refractivity contribution in [1.82, 2.24) is 0 Å². The fourth-order valence-corrected chi connectivity index (χ4v) is 13.7. The first kappa shape index (κ1) is 96.1. The fourth-order valence-electron chi connectivity index (χ4n) is 12.1. The van der Waals surface area contributed by atoms with E-state index >= 15 is 0 Å². The number of phosphoric ester groups is 2. The molecular formula is C79H154O17P2. The number of ether oxygens (including phenoxy) is 4. The van der Waals surface area contributed by atoms with Gasteiger partial charge in [-0.1, -0.05) is 351 Å². The Morgan fingerprint density at radius 2 is 0.429 bits per heavy atom. The Morgan fingerprint density at radius 1 is 0.255 bits per heavy atom. The lowest BCUT2D eigenvalue weighted by Crippen LogP contribution is -2.30. The highest BCUT2D eigenvalue weighted by atomic mass is 31.2. The molecule has 0 fully saturated rings. The number of aliphatic hydroxyl groups excluding tert-OH is 1. The molecule has 0 aromatic heterocycles. The van der Waals surface area contributed by atoms with Crippen molar-refractivity contribution in [2.24, 2.45) is 23.7 Å². The van der Waals surface area contributed by atoms with E-state index in [9.17, 15) is 43.2 Å². The molecule has 5 atom stereocenters. The molecule has 0 aromatic rings. The van der Waals surface area contributed by atoms with Crippen LogP contribution in [0.3, 0.4) is 0 Å². The summed E-state index contributed by atoms with van der Waals surface area (Å²) in [6.07, 6.45) is 54.3. The molecule has 582 valence electrons. The zero-order valence-electron chi connectivity index (χ0n) is 64.4. The minimum atomic E-state index is -4.96. The lowest BCUT2D eigenvalue weighted by Gasteiger charge is -2.21. The van der Waals surface area contributed by atoms with Crippen molar-refractivity contribution in [3.05, 3.63) is 0 Å². The van der Waals surface area contributed by atoms with Crippen molar-refractivity contribution in [2.45, 2.75) is 420 Å². The van der Waals surface area contributed by atoms with Crippen LogP contribution in [0.4, 0.5) is 0 Å². The first-order valence-electron chi connectivity index (χ1n) is 40.7. The molecule has 0 bridgehead atoms. The van der Waals surface area contributed by atoms with Crippen LogP contribution in [-0.2, 0) is 65.4 Å². The van der Waals surface area contributed by atoms with Gasteiger partial charge in [0, 0.05) is 25.7 Å². The van der Waals surface area contributed by atoms with E-state index in [-0.39, 0.29) is 25.7 Å². The monoisotopic (exact) mass is 1440 g/mol. The molecule has 17 nitrogen and oxygen atoms in total. The first-order valence-corrected chi connectivity index (χ1v) is 43.7. The number of carbonyl (C=O) groups excluding carboxylic acids is 4. The molecule has 0 saturated heterocycles. The summed E-state index contributed by atoms with van der Waals surface area (Å²) in [6.45, 7) is 14.2. The Bertz CT molecular complexity index is 1920. The van der Waals surface area contributed by atoms with E-state index < -0.39 is 97.5 Å². The van der Waals surface area contributed by atoms with Gasteiger partial charge in [0.05, 0.1) is 26.4 Å². The highest BCUT2D eigenvalue weighted by Crippen LogP contribution is 2.45. The van der Waals surface area contributed by atoms with Crippen molar-refractivity contribution in [2.75, 3.05) is 39.6 Å². The third-order valence-corrected chi connectivity index (χ3v) is 20.2. The number of hydrogen-bond acceptors (Lipinski definition) is 15. The third-order valence-electron chi connectivity index (χ3n) is 18.3. The summed E-state index contributed by atoms with van der Waals surface area (Å²) >= 11 is 0. The predicted octanol–water partition coefficient (Wildman–Crippen LogP) is 23.2. The molecule has 0 aliphatic heterocycles. The van der Waals surface area contributed by atoms with Gasteiger partial charge in [0.1, 0.15) is 19.3 Å². The molecule has 3 unspecified atom stereocenters. The molecule has 0 amide bonds. The Morgan fingerprint density at radius 3 is 0.633 bits per heavy atom. The van der Waals surface area contributed by atoms with E-state index in [1.807, 2.05) is 0 Å². The minimum Gasteiger partial charge on any atom is -0.462 e. The topological polar surface area (TPSA) is 237 Å². The van der Waals surface area contributed by atoms with Gasteiger partial charge in [0.15, 0.2) is 12.2 Å². The molecule has 0 aliphatic carbocycles. The van der Waals surface area contributed by atoms with Crippen LogP contribution in [0.5, 0.6) is 0 Å². The van der Waals surface area contributed by atoms with Crippen LogP contribution in [0.25, 0.3) is 0 Å². The van der Waals surface area contributed by atoms with E-state index in [2.05, 4.69) is 55.4 Å².